The van der Waals surface area contributed by atoms with E-state index >= 15 is 0 Å². The molecule has 10 heteroatoms. The number of nitrogens with zero attached hydrogens (tertiary/aromatic N) is 1. The standard InChI is InChI=1S/C17H22F3N3O4/c1-9(2)7-12(14(21)24)22-16(25)27-13-6-5-11(17(18,19)20)15(23-13)26-8-10-3-4-10/h5-6,9-10,12H,3-4,7-8H2,1-2H3,(H2,21,24)(H,22,25)/t12-/m0/s1. The molecule has 1 fully saturated rings. The normalized spacial score (nSPS) is 15.3. The van der Waals surface area contributed by atoms with Gasteiger partial charge in [-0.15, -0.1) is 0 Å². The lowest BCUT2D eigenvalue weighted by atomic mass is 10.0. The van der Waals surface area contributed by atoms with Gasteiger partial charge < -0.3 is 20.5 Å². The summed E-state index contributed by atoms with van der Waals surface area (Å²) in [7, 11) is 0. The summed E-state index contributed by atoms with van der Waals surface area (Å²) >= 11 is 0. The smallest absolute Gasteiger partial charge is 0.421 e. The number of primary amides is 1. The van der Waals surface area contributed by atoms with Crippen molar-refractivity contribution >= 4 is 12.0 Å². The molecule has 0 bridgehead atoms. The second-order valence-corrected chi connectivity index (χ2v) is 6.87. The van der Waals surface area contributed by atoms with Crippen molar-refractivity contribution < 1.29 is 32.2 Å². The van der Waals surface area contributed by atoms with Gasteiger partial charge in [-0.25, -0.2) is 4.79 Å². The van der Waals surface area contributed by atoms with Crippen LogP contribution in [0.15, 0.2) is 12.1 Å². The van der Waals surface area contributed by atoms with Crippen LogP contribution in [0, 0.1) is 11.8 Å². The number of pyridine rings is 1. The molecule has 0 aliphatic heterocycles. The molecule has 1 saturated carbocycles. The Morgan fingerprint density at radius 3 is 2.52 bits per heavy atom. The second-order valence-electron chi connectivity index (χ2n) is 6.87. The molecule has 7 nitrogen and oxygen atoms in total. The number of amides is 2. The third-order valence-electron chi connectivity index (χ3n) is 3.83. The lowest BCUT2D eigenvalue weighted by molar-refractivity contribution is -0.139. The zero-order valence-electron chi connectivity index (χ0n) is 15.0. The van der Waals surface area contributed by atoms with E-state index in [2.05, 4.69) is 10.3 Å². The van der Waals surface area contributed by atoms with Crippen LogP contribution in [-0.2, 0) is 11.0 Å². The Morgan fingerprint density at radius 2 is 2.00 bits per heavy atom. The quantitative estimate of drug-likeness (QED) is 0.712. The van der Waals surface area contributed by atoms with Crippen LogP contribution in [0.5, 0.6) is 11.8 Å². The van der Waals surface area contributed by atoms with Crippen LogP contribution >= 0.6 is 0 Å². The van der Waals surface area contributed by atoms with Crippen molar-refractivity contribution in [1.82, 2.24) is 10.3 Å². The summed E-state index contributed by atoms with van der Waals surface area (Å²) in [6.07, 6.45) is -3.61. The van der Waals surface area contributed by atoms with Crippen molar-refractivity contribution in [3.05, 3.63) is 17.7 Å². The predicted molar refractivity (Wildman–Crippen MR) is 89.1 cm³/mol. The van der Waals surface area contributed by atoms with Gasteiger partial charge in [0, 0.05) is 6.07 Å². The summed E-state index contributed by atoms with van der Waals surface area (Å²) in [5.41, 5.74) is 4.17. The van der Waals surface area contributed by atoms with Crippen molar-refractivity contribution in [3.63, 3.8) is 0 Å². The van der Waals surface area contributed by atoms with Crippen LogP contribution in [0.4, 0.5) is 18.0 Å². The minimum Gasteiger partial charge on any atom is -0.477 e. The van der Waals surface area contributed by atoms with Crippen molar-refractivity contribution in [1.29, 1.82) is 0 Å². The molecule has 1 atom stereocenters. The Bertz CT molecular complexity index is 690. The number of nitrogens with two attached hydrogens (primary N) is 1. The maximum Gasteiger partial charge on any atom is 0.421 e. The monoisotopic (exact) mass is 389 g/mol. The van der Waals surface area contributed by atoms with E-state index < -0.39 is 35.7 Å². The summed E-state index contributed by atoms with van der Waals surface area (Å²) in [6, 6.07) is 0.684. The Labute approximate surface area is 154 Å². The number of carbonyl (C=O) groups excluding carboxylic acids is 2. The van der Waals surface area contributed by atoms with Crippen molar-refractivity contribution in [3.8, 4) is 11.8 Å². The number of halogens is 3. The van der Waals surface area contributed by atoms with E-state index in [-0.39, 0.29) is 24.3 Å². The summed E-state index contributed by atoms with van der Waals surface area (Å²) < 4.78 is 49.3. The molecular formula is C17H22F3N3O4. The summed E-state index contributed by atoms with van der Waals surface area (Å²) in [4.78, 5) is 27.0. The van der Waals surface area contributed by atoms with Crippen LogP contribution in [0.25, 0.3) is 0 Å². The van der Waals surface area contributed by atoms with Crippen LogP contribution in [-0.4, -0.2) is 29.6 Å². The number of hydrogen-bond donors (Lipinski definition) is 2. The number of ether oxygens (including phenoxy) is 2. The fourth-order valence-electron chi connectivity index (χ4n) is 2.27. The first kappa shape index (κ1) is 20.8. The zero-order chi connectivity index (χ0) is 20.2. The second kappa shape index (κ2) is 8.45. The lowest BCUT2D eigenvalue weighted by Gasteiger charge is -2.17. The topological polar surface area (TPSA) is 104 Å². The molecule has 0 spiro atoms. The summed E-state index contributed by atoms with van der Waals surface area (Å²) in [5, 5.41) is 2.28. The summed E-state index contributed by atoms with van der Waals surface area (Å²) in [6.45, 7) is 3.79. The number of aromatic nitrogens is 1. The largest absolute Gasteiger partial charge is 0.477 e. The third kappa shape index (κ3) is 6.61. The minimum atomic E-state index is -4.65. The molecule has 0 saturated heterocycles. The van der Waals surface area contributed by atoms with E-state index in [0.29, 0.717) is 6.42 Å². The predicted octanol–water partition coefficient (Wildman–Crippen LogP) is 2.88. The Morgan fingerprint density at radius 1 is 1.33 bits per heavy atom. The third-order valence-corrected chi connectivity index (χ3v) is 3.83. The van der Waals surface area contributed by atoms with E-state index in [1.807, 2.05) is 13.8 Å². The van der Waals surface area contributed by atoms with Crippen LogP contribution in [0.2, 0.25) is 0 Å². The molecule has 1 aromatic heterocycles. The van der Waals surface area contributed by atoms with Gasteiger partial charge in [0.1, 0.15) is 11.6 Å². The molecule has 2 rings (SSSR count). The van der Waals surface area contributed by atoms with Gasteiger partial charge in [0.05, 0.1) is 6.61 Å². The molecule has 3 N–H and O–H groups in total. The Hall–Kier alpha value is -2.52. The molecule has 1 aliphatic carbocycles. The lowest BCUT2D eigenvalue weighted by Crippen LogP contribution is -2.46. The van der Waals surface area contributed by atoms with E-state index in [1.165, 1.54) is 0 Å². The average molecular weight is 389 g/mol. The number of nitrogens with one attached hydrogen (secondary N) is 1. The van der Waals surface area contributed by atoms with Gasteiger partial charge in [-0.05, 0) is 37.2 Å². The van der Waals surface area contributed by atoms with Crippen LogP contribution < -0.4 is 20.5 Å². The Balaban J connectivity index is 2.09. The van der Waals surface area contributed by atoms with Gasteiger partial charge >= 0.3 is 12.3 Å². The fourth-order valence-corrected chi connectivity index (χ4v) is 2.27. The first-order valence-electron chi connectivity index (χ1n) is 8.55. The van der Waals surface area contributed by atoms with Gasteiger partial charge in [0.25, 0.3) is 0 Å². The number of rotatable bonds is 8. The molecule has 2 amide bonds. The average Bonchev–Trinajstić information content (AvgIpc) is 3.35. The highest BCUT2D eigenvalue weighted by molar-refractivity contribution is 5.84. The van der Waals surface area contributed by atoms with E-state index in [1.54, 1.807) is 0 Å². The molecule has 0 unspecified atom stereocenters. The zero-order valence-corrected chi connectivity index (χ0v) is 15.0. The van der Waals surface area contributed by atoms with E-state index in [0.717, 1.165) is 25.0 Å². The molecule has 1 heterocycles. The SMILES string of the molecule is CC(C)C[C@H](NC(=O)Oc1ccc(C(F)(F)F)c(OCC2CC2)n1)C(N)=O. The first-order chi connectivity index (χ1) is 12.6. The van der Waals surface area contributed by atoms with Gasteiger partial charge in [0.15, 0.2) is 0 Å². The van der Waals surface area contributed by atoms with Crippen LogP contribution in [0.3, 0.4) is 0 Å². The van der Waals surface area contributed by atoms with E-state index in [4.69, 9.17) is 15.2 Å². The van der Waals surface area contributed by atoms with Gasteiger partial charge in [-0.1, -0.05) is 13.8 Å². The maximum absolute atomic E-state index is 13.1. The highest BCUT2D eigenvalue weighted by Crippen LogP contribution is 2.37. The highest BCUT2D eigenvalue weighted by Gasteiger charge is 2.36. The van der Waals surface area contributed by atoms with Crippen LogP contribution in [0.1, 0.15) is 38.7 Å². The minimum absolute atomic E-state index is 0.0782. The number of carbonyl (C=O) groups is 2. The van der Waals surface area contributed by atoms with Gasteiger partial charge in [-0.3, -0.25) is 4.79 Å². The summed E-state index contributed by atoms with van der Waals surface area (Å²) in [5.74, 6) is -1.47. The van der Waals surface area contributed by atoms with Gasteiger partial charge in [-0.2, -0.15) is 18.2 Å². The van der Waals surface area contributed by atoms with Crippen molar-refractivity contribution in [2.24, 2.45) is 17.6 Å². The number of alkyl halides is 3. The first-order valence-corrected chi connectivity index (χ1v) is 8.55. The Kier molecular flexibility index (Phi) is 6.50. The molecule has 1 aromatic rings. The molecule has 0 radical (unpaired) electrons. The molecule has 1 aliphatic rings. The van der Waals surface area contributed by atoms with Gasteiger partial charge in [0.2, 0.25) is 17.7 Å². The van der Waals surface area contributed by atoms with Crippen molar-refractivity contribution in [2.75, 3.05) is 6.61 Å². The highest BCUT2D eigenvalue weighted by atomic mass is 19.4. The fraction of sp³-hybridized carbons (Fsp3) is 0.588. The van der Waals surface area contributed by atoms with E-state index in [9.17, 15) is 22.8 Å². The molecule has 27 heavy (non-hydrogen) atoms. The maximum atomic E-state index is 13.1. The molecule has 150 valence electrons. The molecular weight excluding hydrogens is 367 g/mol. The number of hydrogen-bond acceptors (Lipinski definition) is 5. The van der Waals surface area contributed by atoms with Crippen molar-refractivity contribution in [2.45, 2.75) is 45.3 Å². The molecule has 0 aromatic carbocycles.